The van der Waals surface area contributed by atoms with E-state index in [1.54, 1.807) is 6.07 Å². The van der Waals surface area contributed by atoms with E-state index in [0.29, 0.717) is 18.8 Å². The molecule has 2 aromatic carbocycles. The van der Waals surface area contributed by atoms with Crippen LogP contribution in [0.15, 0.2) is 36.4 Å². The molecule has 0 spiro atoms. The predicted molar refractivity (Wildman–Crippen MR) is 81.2 cm³/mol. The van der Waals surface area contributed by atoms with E-state index in [-0.39, 0.29) is 0 Å². The van der Waals surface area contributed by atoms with E-state index in [4.69, 9.17) is 9.47 Å². The number of hydrogen-bond acceptors (Lipinski definition) is 4. The number of fused-ring (bicyclic) bond motifs is 1. The first-order valence-corrected chi connectivity index (χ1v) is 6.94. The second kappa shape index (κ2) is 5.76. The van der Waals surface area contributed by atoms with E-state index < -0.39 is 0 Å². The molecule has 0 radical (unpaired) electrons. The van der Waals surface area contributed by atoms with Gasteiger partial charge in [0, 0.05) is 18.2 Å². The van der Waals surface area contributed by atoms with Crippen LogP contribution in [0.3, 0.4) is 0 Å². The average molecular weight is 280 g/mol. The lowest BCUT2D eigenvalue weighted by Crippen LogP contribution is -1.98. The molecule has 0 bridgehead atoms. The summed E-state index contributed by atoms with van der Waals surface area (Å²) in [4.78, 5) is 0. The SMILES string of the molecule is Cc1cccc(C#N)c1Nc1ccc2c(c1)OCCCO2. The molecule has 0 unspecified atom stereocenters. The smallest absolute Gasteiger partial charge is 0.163 e. The highest BCUT2D eigenvalue weighted by Gasteiger charge is 2.12. The monoisotopic (exact) mass is 280 g/mol. The molecular formula is C17H16N2O2. The third kappa shape index (κ3) is 2.77. The number of rotatable bonds is 2. The second-order valence-corrected chi connectivity index (χ2v) is 4.95. The molecule has 0 saturated heterocycles. The van der Waals surface area contributed by atoms with E-state index in [1.165, 1.54) is 0 Å². The second-order valence-electron chi connectivity index (χ2n) is 4.95. The summed E-state index contributed by atoms with van der Waals surface area (Å²) >= 11 is 0. The van der Waals surface area contributed by atoms with E-state index in [1.807, 2.05) is 37.3 Å². The maximum absolute atomic E-state index is 9.22. The standard InChI is InChI=1S/C17H16N2O2/c1-12-4-2-5-13(11-18)17(12)19-14-6-7-15-16(10-14)21-9-3-8-20-15/h2,4-7,10,19H,3,8-9H2,1H3. The lowest BCUT2D eigenvalue weighted by molar-refractivity contribution is 0.297. The molecule has 106 valence electrons. The molecular weight excluding hydrogens is 264 g/mol. The van der Waals surface area contributed by atoms with E-state index in [9.17, 15) is 5.26 Å². The van der Waals surface area contributed by atoms with Crippen LogP contribution in [0.5, 0.6) is 11.5 Å². The number of ether oxygens (including phenoxy) is 2. The summed E-state index contributed by atoms with van der Waals surface area (Å²) in [5.74, 6) is 1.51. The van der Waals surface area contributed by atoms with Crippen molar-refractivity contribution in [1.82, 2.24) is 0 Å². The number of nitrogens with one attached hydrogen (secondary N) is 1. The number of aryl methyl sites for hydroxylation is 1. The van der Waals surface area contributed by atoms with Gasteiger partial charge >= 0.3 is 0 Å². The fourth-order valence-corrected chi connectivity index (χ4v) is 2.31. The summed E-state index contributed by atoms with van der Waals surface area (Å²) in [6.45, 7) is 3.31. The quantitative estimate of drug-likeness (QED) is 0.909. The third-order valence-electron chi connectivity index (χ3n) is 3.41. The fraction of sp³-hybridized carbons (Fsp3) is 0.235. The van der Waals surface area contributed by atoms with Crippen molar-refractivity contribution in [3.8, 4) is 17.6 Å². The van der Waals surface area contributed by atoms with Gasteiger partial charge in [-0.05, 0) is 30.7 Å². The highest BCUT2D eigenvalue weighted by molar-refractivity contribution is 5.71. The van der Waals surface area contributed by atoms with Gasteiger partial charge in [-0.1, -0.05) is 12.1 Å². The summed E-state index contributed by atoms with van der Waals surface area (Å²) in [7, 11) is 0. The average Bonchev–Trinajstić information content (AvgIpc) is 2.74. The van der Waals surface area contributed by atoms with Crippen molar-refractivity contribution in [1.29, 1.82) is 5.26 Å². The molecule has 1 N–H and O–H groups in total. The molecule has 2 aromatic rings. The van der Waals surface area contributed by atoms with Gasteiger partial charge in [0.2, 0.25) is 0 Å². The zero-order valence-electron chi connectivity index (χ0n) is 11.8. The molecule has 1 aliphatic heterocycles. The predicted octanol–water partition coefficient (Wildman–Crippen LogP) is 3.77. The van der Waals surface area contributed by atoms with Crippen molar-refractivity contribution in [2.45, 2.75) is 13.3 Å². The van der Waals surface area contributed by atoms with Crippen LogP contribution in [-0.2, 0) is 0 Å². The molecule has 0 saturated carbocycles. The van der Waals surface area contributed by atoms with Gasteiger partial charge in [0.25, 0.3) is 0 Å². The topological polar surface area (TPSA) is 54.3 Å². The third-order valence-corrected chi connectivity index (χ3v) is 3.41. The molecule has 1 heterocycles. The highest BCUT2D eigenvalue weighted by atomic mass is 16.5. The molecule has 4 heteroatoms. The first kappa shape index (κ1) is 13.3. The van der Waals surface area contributed by atoms with Crippen molar-refractivity contribution >= 4 is 11.4 Å². The van der Waals surface area contributed by atoms with Crippen LogP contribution in [0.2, 0.25) is 0 Å². The first-order valence-electron chi connectivity index (χ1n) is 6.94. The van der Waals surface area contributed by atoms with Gasteiger partial charge in [-0.2, -0.15) is 5.26 Å². The van der Waals surface area contributed by atoms with Crippen molar-refractivity contribution in [2.24, 2.45) is 0 Å². The number of benzene rings is 2. The molecule has 0 aliphatic carbocycles. The van der Waals surface area contributed by atoms with Crippen LogP contribution in [0.25, 0.3) is 0 Å². The molecule has 4 nitrogen and oxygen atoms in total. The number of para-hydroxylation sites is 1. The summed E-state index contributed by atoms with van der Waals surface area (Å²) in [6, 6.07) is 13.6. The van der Waals surface area contributed by atoms with Crippen LogP contribution in [-0.4, -0.2) is 13.2 Å². The van der Waals surface area contributed by atoms with Crippen molar-refractivity contribution in [2.75, 3.05) is 18.5 Å². The highest BCUT2D eigenvalue weighted by Crippen LogP contribution is 2.34. The number of anilines is 2. The Morgan fingerprint density at radius 3 is 2.71 bits per heavy atom. The summed E-state index contributed by atoms with van der Waals surface area (Å²) in [5, 5.41) is 12.5. The zero-order chi connectivity index (χ0) is 14.7. The molecule has 1 aliphatic rings. The van der Waals surface area contributed by atoms with Crippen molar-refractivity contribution in [3.63, 3.8) is 0 Å². The Morgan fingerprint density at radius 1 is 1.10 bits per heavy atom. The number of hydrogen-bond donors (Lipinski definition) is 1. The minimum Gasteiger partial charge on any atom is -0.490 e. The van der Waals surface area contributed by atoms with Crippen LogP contribution >= 0.6 is 0 Å². The summed E-state index contributed by atoms with van der Waals surface area (Å²) in [5.41, 5.74) is 3.36. The summed E-state index contributed by atoms with van der Waals surface area (Å²) < 4.78 is 11.3. The zero-order valence-corrected chi connectivity index (χ0v) is 11.8. The maximum atomic E-state index is 9.22. The van der Waals surface area contributed by atoms with Gasteiger partial charge in [-0.25, -0.2) is 0 Å². The number of nitriles is 1. The lowest BCUT2D eigenvalue weighted by Gasteiger charge is -2.13. The Balaban J connectivity index is 1.93. The molecule has 21 heavy (non-hydrogen) atoms. The van der Waals surface area contributed by atoms with E-state index >= 15 is 0 Å². The van der Waals surface area contributed by atoms with Gasteiger partial charge in [-0.3, -0.25) is 0 Å². The first-order chi connectivity index (χ1) is 10.3. The molecule has 0 atom stereocenters. The Labute approximate surface area is 123 Å². The minimum atomic E-state index is 0.627. The number of nitrogens with zero attached hydrogens (tertiary/aromatic N) is 1. The van der Waals surface area contributed by atoms with Crippen LogP contribution < -0.4 is 14.8 Å². The Hall–Kier alpha value is -2.67. The maximum Gasteiger partial charge on any atom is 0.163 e. The van der Waals surface area contributed by atoms with E-state index in [0.717, 1.165) is 34.9 Å². The van der Waals surface area contributed by atoms with Crippen molar-refractivity contribution in [3.05, 3.63) is 47.5 Å². The van der Waals surface area contributed by atoms with E-state index in [2.05, 4.69) is 11.4 Å². The molecule has 0 aromatic heterocycles. The minimum absolute atomic E-state index is 0.627. The van der Waals surface area contributed by atoms with Gasteiger partial charge in [0.05, 0.1) is 24.5 Å². The largest absolute Gasteiger partial charge is 0.490 e. The Kier molecular flexibility index (Phi) is 3.65. The van der Waals surface area contributed by atoms with Gasteiger partial charge in [0.15, 0.2) is 11.5 Å². The lowest BCUT2D eigenvalue weighted by atomic mass is 10.1. The molecule has 0 amide bonds. The normalized spacial score (nSPS) is 13.1. The van der Waals surface area contributed by atoms with Crippen LogP contribution in [0, 0.1) is 18.3 Å². The van der Waals surface area contributed by atoms with Crippen molar-refractivity contribution < 1.29 is 9.47 Å². The van der Waals surface area contributed by atoms with Gasteiger partial charge in [0.1, 0.15) is 6.07 Å². The van der Waals surface area contributed by atoms with Crippen LogP contribution in [0.4, 0.5) is 11.4 Å². The van der Waals surface area contributed by atoms with Gasteiger partial charge in [-0.15, -0.1) is 0 Å². The molecule has 0 fully saturated rings. The van der Waals surface area contributed by atoms with Crippen LogP contribution in [0.1, 0.15) is 17.5 Å². The van der Waals surface area contributed by atoms with Gasteiger partial charge < -0.3 is 14.8 Å². The Morgan fingerprint density at radius 2 is 1.90 bits per heavy atom. The fourth-order valence-electron chi connectivity index (χ4n) is 2.31. The Bertz CT molecular complexity index is 704. The summed E-state index contributed by atoms with van der Waals surface area (Å²) in [6.07, 6.45) is 0.883. The molecule has 3 rings (SSSR count).